The molecule has 6 nitrogen and oxygen atoms in total. The Labute approximate surface area is 66.2 Å². The molecule has 0 aliphatic heterocycles. The Morgan fingerprint density at radius 3 is 2.82 bits per heavy atom. The fourth-order valence-corrected chi connectivity index (χ4v) is 0.659. The molecule has 0 amide bonds. The summed E-state index contributed by atoms with van der Waals surface area (Å²) in [7, 11) is 0. The summed E-state index contributed by atoms with van der Waals surface area (Å²) in [6.07, 6.45) is 1.09. The normalized spacial score (nSPS) is 9.55. The smallest absolute Gasteiger partial charge is 0.358 e. The Hall–Kier alpha value is -1.43. The summed E-state index contributed by atoms with van der Waals surface area (Å²) in [4.78, 5) is 16.2. The summed E-state index contributed by atoms with van der Waals surface area (Å²) in [5.41, 5.74) is 5.08. The molecule has 58 valence electrons. The summed E-state index contributed by atoms with van der Waals surface area (Å²) in [5, 5.41) is 10.0. The van der Waals surface area contributed by atoms with E-state index in [0.29, 0.717) is 0 Å². The second-order valence-corrected chi connectivity index (χ2v) is 2.06. The first-order chi connectivity index (χ1) is 5.11. The van der Waals surface area contributed by atoms with Gasteiger partial charge in [-0.1, -0.05) is 11.6 Å². The van der Waals surface area contributed by atoms with E-state index >= 15 is 0 Å². The van der Waals surface area contributed by atoms with Crippen LogP contribution in [0.25, 0.3) is 0 Å². The molecule has 2 N–H and O–H groups in total. The minimum absolute atomic E-state index is 0.121. The largest absolute Gasteiger partial charge is 0.387 e. The van der Waals surface area contributed by atoms with E-state index in [1.54, 1.807) is 0 Å². The number of nitrogens with two attached hydrogens (primary N) is 1. The van der Waals surface area contributed by atoms with Gasteiger partial charge in [0.15, 0.2) is 5.02 Å². The third-order valence-electron chi connectivity index (χ3n) is 0.917. The van der Waals surface area contributed by atoms with Crippen molar-refractivity contribution in [1.29, 1.82) is 0 Å². The zero-order valence-corrected chi connectivity index (χ0v) is 5.95. The number of halogens is 1. The fraction of sp³-hybridized carbons (Fsp3) is 0. The molecule has 0 aliphatic carbocycles. The Kier molecular flexibility index (Phi) is 1.86. The minimum atomic E-state index is -0.722. The Morgan fingerprint density at radius 1 is 1.73 bits per heavy atom. The topological polar surface area (TPSA) is 94.9 Å². The molecule has 11 heavy (non-hydrogen) atoms. The third kappa shape index (κ3) is 1.53. The number of nitrogen functional groups attached to an aromatic ring is 1. The predicted octanol–water partition coefficient (Wildman–Crippen LogP) is 0.620. The van der Waals surface area contributed by atoms with Crippen LogP contribution in [0.2, 0.25) is 5.02 Å². The molecule has 1 heterocycles. The lowest BCUT2D eigenvalue weighted by Crippen LogP contribution is -1.99. The molecule has 7 heteroatoms. The molecule has 0 spiro atoms. The van der Waals surface area contributed by atoms with Gasteiger partial charge in [-0.15, -0.1) is 0 Å². The van der Waals surface area contributed by atoms with Crippen molar-refractivity contribution in [3.8, 4) is 0 Å². The number of nitro groups is 1. The zero-order chi connectivity index (χ0) is 8.43. The van der Waals surface area contributed by atoms with Crippen molar-refractivity contribution in [1.82, 2.24) is 9.97 Å². The van der Waals surface area contributed by atoms with Gasteiger partial charge in [-0.3, -0.25) is 0 Å². The number of rotatable bonds is 1. The summed E-state index contributed by atoms with van der Waals surface area (Å²) in [6.45, 7) is 0. The molecular weight excluding hydrogens is 172 g/mol. The average Bonchev–Trinajstić information content (AvgIpc) is 1.94. The molecule has 0 radical (unpaired) electrons. The van der Waals surface area contributed by atoms with Crippen molar-refractivity contribution in [2.24, 2.45) is 0 Å². The van der Waals surface area contributed by atoms with Crippen LogP contribution in [0, 0.1) is 10.1 Å². The van der Waals surface area contributed by atoms with E-state index in [9.17, 15) is 10.1 Å². The number of nitrogens with zero attached hydrogens (tertiary/aromatic N) is 3. The highest BCUT2D eigenvalue weighted by Crippen LogP contribution is 2.19. The molecule has 0 saturated carbocycles. The van der Waals surface area contributed by atoms with Crippen molar-refractivity contribution in [2.75, 3.05) is 5.73 Å². The molecule has 0 aromatic carbocycles. The van der Waals surface area contributed by atoms with Crippen LogP contribution >= 0.6 is 11.6 Å². The van der Waals surface area contributed by atoms with Crippen LogP contribution in [0.3, 0.4) is 0 Å². The van der Waals surface area contributed by atoms with Crippen LogP contribution in [-0.4, -0.2) is 14.9 Å². The Morgan fingerprint density at radius 2 is 2.36 bits per heavy atom. The van der Waals surface area contributed by atoms with Gasteiger partial charge in [-0.2, -0.15) is 4.98 Å². The lowest BCUT2D eigenvalue weighted by Gasteiger charge is -1.92. The van der Waals surface area contributed by atoms with Crippen LogP contribution in [0.1, 0.15) is 0 Å². The number of aromatic nitrogens is 2. The Balaban J connectivity index is 3.23. The summed E-state index contributed by atoms with van der Waals surface area (Å²) in [5.74, 6) is -0.639. The highest BCUT2D eigenvalue weighted by atomic mass is 35.5. The van der Waals surface area contributed by atoms with Gasteiger partial charge in [0.1, 0.15) is 0 Å². The molecule has 0 saturated heterocycles. The van der Waals surface area contributed by atoms with E-state index < -0.39 is 10.7 Å². The highest BCUT2D eigenvalue weighted by Gasteiger charge is 2.14. The van der Waals surface area contributed by atoms with Crippen molar-refractivity contribution < 1.29 is 4.92 Å². The lowest BCUT2D eigenvalue weighted by molar-refractivity contribution is -0.389. The monoisotopic (exact) mass is 174 g/mol. The summed E-state index contributed by atoms with van der Waals surface area (Å²) >= 11 is 5.37. The number of hydrogen-bond donors (Lipinski definition) is 1. The average molecular weight is 175 g/mol. The van der Waals surface area contributed by atoms with E-state index in [-0.39, 0.29) is 11.0 Å². The van der Waals surface area contributed by atoms with E-state index in [0.717, 1.165) is 6.20 Å². The van der Waals surface area contributed by atoms with E-state index in [1.807, 2.05) is 0 Å². The van der Waals surface area contributed by atoms with Crippen LogP contribution in [0.4, 0.5) is 11.8 Å². The summed E-state index contributed by atoms with van der Waals surface area (Å²) < 4.78 is 0. The zero-order valence-electron chi connectivity index (χ0n) is 5.19. The van der Waals surface area contributed by atoms with E-state index in [1.165, 1.54) is 0 Å². The van der Waals surface area contributed by atoms with E-state index in [2.05, 4.69) is 9.97 Å². The molecule has 1 rings (SSSR count). The lowest BCUT2D eigenvalue weighted by atomic mass is 10.6. The first kappa shape index (κ1) is 7.67. The molecule has 0 fully saturated rings. The number of anilines is 1. The van der Waals surface area contributed by atoms with Crippen molar-refractivity contribution >= 4 is 23.4 Å². The molecule has 0 unspecified atom stereocenters. The predicted molar refractivity (Wildman–Crippen MR) is 38.1 cm³/mol. The fourth-order valence-electron chi connectivity index (χ4n) is 0.499. The maximum Gasteiger partial charge on any atom is 0.387 e. The van der Waals surface area contributed by atoms with Gasteiger partial charge in [-0.25, -0.2) is 0 Å². The quantitative estimate of drug-likeness (QED) is 0.497. The molecular formula is C4H3ClN4O2. The molecule has 1 aromatic rings. The molecule has 0 atom stereocenters. The SMILES string of the molecule is Nc1ncc(Cl)c([N+](=O)[O-])n1. The van der Waals surface area contributed by atoms with Crippen molar-refractivity contribution in [3.63, 3.8) is 0 Å². The van der Waals surface area contributed by atoms with Gasteiger partial charge in [-0.05, 0) is 4.92 Å². The van der Waals surface area contributed by atoms with Gasteiger partial charge in [0.2, 0.25) is 0 Å². The summed E-state index contributed by atoms with van der Waals surface area (Å²) in [6, 6.07) is 0. The van der Waals surface area contributed by atoms with Crippen LogP contribution < -0.4 is 5.73 Å². The molecule has 0 bridgehead atoms. The first-order valence-corrected chi connectivity index (χ1v) is 2.91. The second kappa shape index (κ2) is 2.67. The minimum Gasteiger partial charge on any atom is -0.358 e. The maximum atomic E-state index is 10.1. The third-order valence-corrected chi connectivity index (χ3v) is 1.18. The van der Waals surface area contributed by atoms with Crippen molar-refractivity contribution in [2.45, 2.75) is 0 Å². The van der Waals surface area contributed by atoms with Gasteiger partial charge in [0.05, 0.1) is 6.20 Å². The number of hydrogen-bond acceptors (Lipinski definition) is 5. The molecule has 0 aliphatic rings. The van der Waals surface area contributed by atoms with Gasteiger partial charge in [0.25, 0.3) is 0 Å². The van der Waals surface area contributed by atoms with Gasteiger partial charge in [0, 0.05) is 4.98 Å². The first-order valence-electron chi connectivity index (χ1n) is 2.53. The maximum absolute atomic E-state index is 10.1. The Bertz CT molecular complexity index is 302. The molecule has 1 aromatic heterocycles. The van der Waals surface area contributed by atoms with Gasteiger partial charge >= 0.3 is 11.8 Å². The van der Waals surface area contributed by atoms with Crippen molar-refractivity contribution in [3.05, 3.63) is 21.3 Å². The van der Waals surface area contributed by atoms with Crippen LogP contribution in [-0.2, 0) is 0 Å². The highest BCUT2D eigenvalue weighted by molar-refractivity contribution is 6.32. The van der Waals surface area contributed by atoms with Gasteiger partial charge < -0.3 is 15.8 Å². The van der Waals surface area contributed by atoms with E-state index in [4.69, 9.17) is 17.3 Å². The standard InChI is InChI=1S/C4H3ClN4O2/c5-2-1-7-4(6)8-3(2)9(10)11/h1H,(H2,6,7,8). The van der Waals surface area contributed by atoms with Crippen LogP contribution in [0.15, 0.2) is 6.20 Å². The van der Waals surface area contributed by atoms with Crippen LogP contribution in [0.5, 0.6) is 0 Å². The second-order valence-electron chi connectivity index (χ2n) is 1.66.